The molecule has 0 aliphatic carbocycles. The minimum Gasteiger partial charge on any atom is -0.480 e. The minimum absolute atomic E-state index is 0.226. The summed E-state index contributed by atoms with van der Waals surface area (Å²) < 4.78 is 6.30. The number of fused-ring (bicyclic) bond motifs is 1. The monoisotopic (exact) mass is 184 g/mol. The van der Waals surface area contributed by atoms with Crippen LogP contribution in [-0.2, 0) is 0 Å². The quantitative estimate of drug-likeness (QED) is 0.658. The molecule has 2 rings (SSSR count). The van der Waals surface area contributed by atoms with Gasteiger partial charge in [0.1, 0.15) is 0 Å². The predicted octanol–water partition coefficient (Wildman–Crippen LogP) is 0.786. The Labute approximate surface area is 72.9 Å². The summed E-state index contributed by atoms with van der Waals surface area (Å²) in [6, 6.07) is 3.42. The van der Waals surface area contributed by atoms with Gasteiger partial charge in [-0.05, 0) is 17.7 Å². The van der Waals surface area contributed by atoms with E-state index in [1.54, 1.807) is 12.1 Å². The lowest BCUT2D eigenvalue weighted by Crippen LogP contribution is -1.95. The van der Waals surface area contributed by atoms with Gasteiger partial charge in [-0.1, -0.05) is 0 Å². The SMILES string of the molecule is COc1ccc2nnc(Cl)n2n1. The van der Waals surface area contributed by atoms with E-state index < -0.39 is 0 Å². The van der Waals surface area contributed by atoms with Gasteiger partial charge < -0.3 is 4.74 Å². The summed E-state index contributed by atoms with van der Waals surface area (Å²) in [6.07, 6.45) is 0. The fourth-order valence-electron chi connectivity index (χ4n) is 0.855. The third-order valence-electron chi connectivity index (χ3n) is 1.41. The fourth-order valence-corrected chi connectivity index (χ4v) is 1.02. The van der Waals surface area contributed by atoms with Crippen molar-refractivity contribution < 1.29 is 4.74 Å². The summed E-state index contributed by atoms with van der Waals surface area (Å²) in [5, 5.41) is 11.6. The first-order chi connectivity index (χ1) is 5.81. The van der Waals surface area contributed by atoms with Gasteiger partial charge in [0.25, 0.3) is 0 Å². The lowest BCUT2D eigenvalue weighted by atomic mass is 10.5. The Morgan fingerprint density at radius 1 is 1.42 bits per heavy atom. The number of nitrogens with zero attached hydrogens (tertiary/aromatic N) is 4. The van der Waals surface area contributed by atoms with Gasteiger partial charge >= 0.3 is 0 Å². The van der Waals surface area contributed by atoms with E-state index >= 15 is 0 Å². The Morgan fingerprint density at radius 3 is 3.00 bits per heavy atom. The van der Waals surface area contributed by atoms with Crippen molar-refractivity contribution in [1.82, 2.24) is 19.8 Å². The molecular formula is C6H5ClN4O. The molecule has 0 saturated heterocycles. The maximum atomic E-state index is 5.67. The fraction of sp³-hybridized carbons (Fsp3) is 0.167. The zero-order valence-corrected chi connectivity index (χ0v) is 6.99. The van der Waals surface area contributed by atoms with Crippen molar-refractivity contribution >= 4 is 17.2 Å². The molecule has 0 unspecified atom stereocenters. The van der Waals surface area contributed by atoms with Gasteiger partial charge in [-0.25, -0.2) is 0 Å². The van der Waals surface area contributed by atoms with Crippen LogP contribution in [0.4, 0.5) is 0 Å². The summed E-state index contributed by atoms with van der Waals surface area (Å²) in [5.74, 6) is 0.476. The van der Waals surface area contributed by atoms with Crippen molar-refractivity contribution in [2.75, 3.05) is 7.11 Å². The first-order valence-electron chi connectivity index (χ1n) is 3.23. The molecule has 0 aliphatic heterocycles. The predicted molar refractivity (Wildman–Crippen MR) is 42.3 cm³/mol. The molecule has 62 valence electrons. The third kappa shape index (κ3) is 0.984. The van der Waals surface area contributed by atoms with E-state index in [2.05, 4.69) is 15.3 Å². The van der Waals surface area contributed by atoms with Crippen LogP contribution in [0.1, 0.15) is 0 Å². The van der Waals surface area contributed by atoms with E-state index in [0.29, 0.717) is 11.5 Å². The van der Waals surface area contributed by atoms with E-state index in [9.17, 15) is 0 Å². The molecule has 6 heteroatoms. The Hall–Kier alpha value is -1.36. The number of hydrogen-bond acceptors (Lipinski definition) is 4. The first-order valence-corrected chi connectivity index (χ1v) is 3.61. The highest BCUT2D eigenvalue weighted by Gasteiger charge is 2.03. The lowest BCUT2D eigenvalue weighted by Gasteiger charge is -1.97. The maximum Gasteiger partial charge on any atom is 0.246 e. The normalized spacial score (nSPS) is 10.5. The third-order valence-corrected chi connectivity index (χ3v) is 1.65. The van der Waals surface area contributed by atoms with Crippen LogP contribution in [0.2, 0.25) is 5.28 Å². The minimum atomic E-state index is 0.226. The number of rotatable bonds is 1. The summed E-state index contributed by atoms with van der Waals surface area (Å²) in [5.41, 5.74) is 0.598. The molecule has 2 aromatic rings. The van der Waals surface area contributed by atoms with Crippen molar-refractivity contribution in [1.29, 1.82) is 0 Å². The van der Waals surface area contributed by atoms with Gasteiger partial charge in [0, 0.05) is 6.07 Å². The van der Waals surface area contributed by atoms with Crippen LogP contribution in [0.15, 0.2) is 12.1 Å². The number of hydrogen-bond donors (Lipinski definition) is 0. The molecule has 0 aromatic carbocycles. The van der Waals surface area contributed by atoms with E-state index in [-0.39, 0.29) is 5.28 Å². The summed E-state index contributed by atoms with van der Waals surface area (Å²) in [7, 11) is 1.53. The van der Waals surface area contributed by atoms with Crippen LogP contribution < -0.4 is 4.74 Å². The van der Waals surface area contributed by atoms with Gasteiger partial charge in [0.15, 0.2) is 5.65 Å². The Balaban J connectivity index is 2.71. The van der Waals surface area contributed by atoms with Crippen LogP contribution in [-0.4, -0.2) is 26.9 Å². The molecule has 2 aromatic heterocycles. The number of halogens is 1. The van der Waals surface area contributed by atoms with E-state index in [0.717, 1.165) is 0 Å². The van der Waals surface area contributed by atoms with Crippen molar-refractivity contribution in [3.05, 3.63) is 17.4 Å². The molecular weight excluding hydrogens is 180 g/mol. The Kier molecular flexibility index (Phi) is 1.58. The zero-order valence-electron chi connectivity index (χ0n) is 6.23. The first kappa shape index (κ1) is 7.30. The van der Waals surface area contributed by atoms with Crippen molar-refractivity contribution in [2.24, 2.45) is 0 Å². The Morgan fingerprint density at radius 2 is 2.25 bits per heavy atom. The number of methoxy groups -OCH3 is 1. The number of aromatic nitrogens is 4. The highest BCUT2D eigenvalue weighted by atomic mass is 35.5. The van der Waals surface area contributed by atoms with Gasteiger partial charge in [-0.3, -0.25) is 0 Å². The molecule has 2 heterocycles. The highest BCUT2D eigenvalue weighted by Crippen LogP contribution is 2.10. The summed E-state index contributed by atoms with van der Waals surface area (Å²) in [6.45, 7) is 0. The lowest BCUT2D eigenvalue weighted by molar-refractivity contribution is 0.390. The molecule has 0 bridgehead atoms. The van der Waals surface area contributed by atoms with Crippen LogP contribution >= 0.6 is 11.6 Å². The molecule has 5 nitrogen and oxygen atoms in total. The molecule has 0 fully saturated rings. The second-order valence-electron chi connectivity index (χ2n) is 2.11. The molecule has 0 atom stereocenters. The van der Waals surface area contributed by atoms with Crippen LogP contribution in [0.5, 0.6) is 5.88 Å². The van der Waals surface area contributed by atoms with Crippen molar-refractivity contribution in [3.63, 3.8) is 0 Å². The van der Waals surface area contributed by atoms with Crippen LogP contribution in [0.25, 0.3) is 5.65 Å². The average Bonchev–Trinajstić information content (AvgIpc) is 2.47. The molecule has 0 saturated carbocycles. The van der Waals surface area contributed by atoms with Gasteiger partial charge in [0.05, 0.1) is 7.11 Å². The van der Waals surface area contributed by atoms with E-state index in [1.165, 1.54) is 11.6 Å². The van der Waals surface area contributed by atoms with E-state index in [4.69, 9.17) is 16.3 Å². The molecule has 12 heavy (non-hydrogen) atoms. The Bertz CT molecular complexity index is 413. The molecule has 0 radical (unpaired) electrons. The highest BCUT2D eigenvalue weighted by molar-refractivity contribution is 6.28. The van der Waals surface area contributed by atoms with Crippen molar-refractivity contribution in [2.45, 2.75) is 0 Å². The molecule has 0 spiro atoms. The standard InChI is InChI=1S/C6H5ClN4O/c1-12-5-3-2-4-8-9-6(7)11(4)10-5/h2-3H,1H3. The molecule has 0 amide bonds. The average molecular weight is 185 g/mol. The van der Waals surface area contributed by atoms with Gasteiger partial charge in [-0.15, -0.1) is 15.3 Å². The summed E-state index contributed by atoms with van der Waals surface area (Å²) in [4.78, 5) is 0. The number of ether oxygens (including phenoxy) is 1. The second kappa shape index (κ2) is 2.60. The van der Waals surface area contributed by atoms with Gasteiger partial charge in [-0.2, -0.15) is 4.52 Å². The van der Waals surface area contributed by atoms with Crippen molar-refractivity contribution in [3.8, 4) is 5.88 Å². The smallest absolute Gasteiger partial charge is 0.246 e. The summed E-state index contributed by atoms with van der Waals surface area (Å²) >= 11 is 5.67. The van der Waals surface area contributed by atoms with Gasteiger partial charge in [0.2, 0.25) is 11.2 Å². The molecule has 0 N–H and O–H groups in total. The van der Waals surface area contributed by atoms with Crippen LogP contribution in [0, 0.1) is 0 Å². The van der Waals surface area contributed by atoms with E-state index in [1.807, 2.05) is 0 Å². The maximum absolute atomic E-state index is 5.67. The zero-order chi connectivity index (χ0) is 8.55. The molecule has 0 aliphatic rings. The second-order valence-corrected chi connectivity index (χ2v) is 2.45. The largest absolute Gasteiger partial charge is 0.480 e. The van der Waals surface area contributed by atoms with Crippen LogP contribution in [0.3, 0.4) is 0 Å². The topological polar surface area (TPSA) is 52.3 Å².